The van der Waals surface area contributed by atoms with Gasteiger partial charge >= 0.3 is 0 Å². The average molecular weight is 261 g/mol. The smallest absolute Gasteiger partial charge is 0.115 e. The predicted octanol–water partition coefficient (Wildman–Crippen LogP) is 4.15. The van der Waals surface area contributed by atoms with Gasteiger partial charge in [-0.05, 0) is 50.0 Å². The first-order chi connectivity index (χ1) is 9.26. The minimum absolute atomic E-state index is 0.400. The fraction of sp³-hybridized carbons (Fsp3) is 0.647. The van der Waals surface area contributed by atoms with Crippen LogP contribution in [0.1, 0.15) is 57.4 Å². The fourth-order valence-corrected chi connectivity index (χ4v) is 2.86. The Kier molecular flexibility index (Phi) is 5.26. The van der Waals surface area contributed by atoms with Gasteiger partial charge in [-0.2, -0.15) is 0 Å². The number of hydrogen-bond donors (Lipinski definition) is 1. The monoisotopic (exact) mass is 261 g/mol. The van der Waals surface area contributed by atoms with E-state index in [1.807, 2.05) is 12.1 Å². The molecule has 1 aromatic carbocycles. The molecule has 0 aromatic heterocycles. The van der Waals surface area contributed by atoms with E-state index in [9.17, 15) is 5.11 Å². The van der Waals surface area contributed by atoms with Crippen LogP contribution in [0.25, 0.3) is 0 Å². The Bertz CT molecular complexity index is 383. The maximum Gasteiger partial charge on any atom is 0.115 e. The molecule has 1 saturated carbocycles. The number of aromatic hydroxyl groups is 1. The van der Waals surface area contributed by atoms with Gasteiger partial charge in [0, 0.05) is 12.0 Å². The Morgan fingerprint density at radius 1 is 1.16 bits per heavy atom. The zero-order valence-electron chi connectivity index (χ0n) is 12.3. The Morgan fingerprint density at radius 3 is 2.42 bits per heavy atom. The van der Waals surface area contributed by atoms with Crippen molar-refractivity contribution in [2.45, 2.75) is 57.9 Å². The van der Waals surface area contributed by atoms with Crippen molar-refractivity contribution in [3.05, 3.63) is 29.8 Å². The van der Waals surface area contributed by atoms with Gasteiger partial charge in [0.05, 0.1) is 0 Å². The minimum atomic E-state index is 0.400. The molecule has 2 atom stereocenters. The SMILES string of the molecule is CCCCN(CCCC)[C@H]1C[C@@H]1c1cccc(O)c1. The lowest BCUT2D eigenvalue weighted by Crippen LogP contribution is -2.29. The molecule has 1 aliphatic rings. The summed E-state index contributed by atoms with van der Waals surface area (Å²) in [7, 11) is 0. The lowest BCUT2D eigenvalue weighted by molar-refractivity contribution is 0.251. The van der Waals surface area contributed by atoms with E-state index in [0.717, 1.165) is 0 Å². The number of phenolic OH excluding ortho intramolecular Hbond substituents is 1. The maximum atomic E-state index is 9.58. The zero-order valence-corrected chi connectivity index (χ0v) is 12.3. The van der Waals surface area contributed by atoms with Gasteiger partial charge in [-0.1, -0.05) is 38.8 Å². The lowest BCUT2D eigenvalue weighted by atomic mass is 10.1. The van der Waals surface area contributed by atoms with E-state index in [1.54, 1.807) is 6.07 Å². The van der Waals surface area contributed by atoms with Gasteiger partial charge in [0.15, 0.2) is 0 Å². The second-order valence-electron chi connectivity index (χ2n) is 5.75. The van der Waals surface area contributed by atoms with E-state index in [-0.39, 0.29) is 0 Å². The summed E-state index contributed by atoms with van der Waals surface area (Å²) in [6.45, 7) is 6.99. The highest BCUT2D eigenvalue weighted by molar-refractivity contribution is 5.34. The van der Waals surface area contributed by atoms with Crippen LogP contribution in [-0.2, 0) is 0 Å². The number of benzene rings is 1. The Balaban J connectivity index is 1.93. The molecule has 0 saturated heterocycles. The first kappa shape index (κ1) is 14.4. The molecule has 19 heavy (non-hydrogen) atoms. The summed E-state index contributed by atoms with van der Waals surface area (Å²) >= 11 is 0. The number of hydrogen-bond acceptors (Lipinski definition) is 2. The van der Waals surface area contributed by atoms with E-state index in [0.29, 0.717) is 17.7 Å². The molecule has 106 valence electrons. The van der Waals surface area contributed by atoms with Crippen LogP contribution < -0.4 is 0 Å². The normalized spacial score (nSPS) is 21.8. The third-order valence-electron chi connectivity index (χ3n) is 4.12. The van der Waals surface area contributed by atoms with Crippen LogP contribution in [0.15, 0.2) is 24.3 Å². The van der Waals surface area contributed by atoms with E-state index in [4.69, 9.17) is 0 Å². The summed E-state index contributed by atoms with van der Waals surface area (Å²) in [6.07, 6.45) is 6.40. The second kappa shape index (κ2) is 6.95. The van der Waals surface area contributed by atoms with Crippen LogP contribution in [0.3, 0.4) is 0 Å². The quantitative estimate of drug-likeness (QED) is 0.760. The molecule has 0 aliphatic heterocycles. The molecule has 0 spiro atoms. The Labute approximate surface area is 117 Å². The van der Waals surface area contributed by atoms with Crippen LogP contribution in [0.2, 0.25) is 0 Å². The summed E-state index contributed by atoms with van der Waals surface area (Å²) in [6, 6.07) is 8.51. The first-order valence-corrected chi connectivity index (χ1v) is 7.79. The number of phenols is 1. The van der Waals surface area contributed by atoms with Gasteiger partial charge in [0.1, 0.15) is 5.75 Å². The highest BCUT2D eigenvalue weighted by Crippen LogP contribution is 2.45. The van der Waals surface area contributed by atoms with Gasteiger partial charge in [-0.3, -0.25) is 4.90 Å². The maximum absolute atomic E-state index is 9.58. The van der Waals surface area contributed by atoms with E-state index >= 15 is 0 Å². The second-order valence-corrected chi connectivity index (χ2v) is 5.75. The highest BCUT2D eigenvalue weighted by atomic mass is 16.3. The van der Waals surface area contributed by atoms with Crippen molar-refractivity contribution in [2.24, 2.45) is 0 Å². The van der Waals surface area contributed by atoms with Crippen LogP contribution in [-0.4, -0.2) is 29.1 Å². The highest BCUT2D eigenvalue weighted by Gasteiger charge is 2.42. The summed E-state index contributed by atoms with van der Waals surface area (Å²) in [5.41, 5.74) is 1.31. The molecule has 0 heterocycles. The Morgan fingerprint density at radius 2 is 1.84 bits per heavy atom. The third kappa shape index (κ3) is 3.97. The van der Waals surface area contributed by atoms with Crippen molar-refractivity contribution < 1.29 is 5.11 Å². The molecule has 1 aliphatic carbocycles. The molecule has 1 N–H and O–H groups in total. The van der Waals surface area contributed by atoms with Crippen LogP contribution in [0, 0.1) is 0 Å². The van der Waals surface area contributed by atoms with Crippen molar-refractivity contribution >= 4 is 0 Å². The van der Waals surface area contributed by atoms with Gasteiger partial charge in [0.2, 0.25) is 0 Å². The average Bonchev–Trinajstić information content (AvgIpc) is 3.19. The molecule has 0 unspecified atom stereocenters. The molecule has 1 fully saturated rings. The summed E-state index contributed by atoms with van der Waals surface area (Å²) in [5.74, 6) is 1.04. The van der Waals surface area contributed by atoms with Crippen molar-refractivity contribution in [3.63, 3.8) is 0 Å². The molecular formula is C17H27NO. The van der Waals surface area contributed by atoms with Gasteiger partial charge < -0.3 is 5.11 Å². The number of rotatable bonds is 8. The molecule has 0 radical (unpaired) electrons. The van der Waals surface area contributed by atoms with Crippen molar-refractivity contribution in [2.75, 3.05) is 13.1 Å². The number of unbranched alkanes of at least 4 members (excludes halogenated alkanes) is 2. The number of nitrogens with zero attached hydrogens (tertiary/aromatic N) is 1. The van der Waals surface area contributed by atoms with Crippen molar-refractivity contribution in [1.82, 2.24) is 4.90 Å². The van der Waals surface area contributed by atoms with Crippen LogP contribution >= 0.6 is 0 Å². The molecule has 1 aromatic rings. The summed E-state index contributed by atoms with van der Waals surface area (Å²) in [4.78, 5) is 2.67. The van der Waals surface area contributed by atoms with Gasteiger partial charge in [-0.15, -0.1) is 0 Å². The summed E-state index contributed by atoms with van der Waals surface area (Å²) < 4.78 is 0. The lowest BCUT2D eigenvalue weighted by Gasteiger charge is -2.22. The largest absolute Gasteiger partial charge is 0.508 e. The van der Waals surface area contributed by atoms with Crippen LogP contribution in [0.5, 0.6) is 5.75 Å². The van der Waals surface area contributed by atoms with Crippen molar-refractivity contribution in [3.8, 4) is 5.75 Å². The molecule has 2 rings (SSSR count). The predicted molar refractivity (Wildman–Crippen MR) is 80.6 cm³/mol. The molecule has 0 amide bonds. The van der Waals surface area contributed by atoms with Crippen molar-refractivity contribution in [1.29, 1.82) is 0 Å². The molecule has 0 bridgehead atoms. The zero-order chi connectivity index (χ0) is 13.7. The minimum Gasteiger partial charge on any atom is -0.508 e. The Hall–Kier alpha value is -1.02. The van der Waals surface area contributed by atoms with E-state index in [1.165, 1.54) is 50.8 Å². The summed E-state index contributed by atoms with van der Waals surface area (Å²) in [5, 5.41) is 9.58. The standard InChI is InChI=1S/C17H27NO/c1-3-5-10-18(11-6-4-2)17-13-16(17)14-8-7-9-15(19)12-14/h7-9,12,16-17,19H,3-6,10-11,13H2,1-2H3/t16-,17+/m1/s1. The first-order valence-electron chi connectivity index (χ1n) is 7.79. The molecular weight excluding hydrogens is 234 g/mol. The van der Waals surface area contributed by atoms with Gasteiger partial charge in [-0.25, -0.2) is 0 Å². The third-order valence-corrected chi connectivity index (χ3v) is 4.12. The van der Waals surface area contributed by atoms with E-state index < -0.39 is 0 Å². The van der Waals surface area contributed by atoms with Crippen LogP contribution in [0.4, 0.5) is 0 Å². The molecule has 2 heteroatoms. The van der Waals surface area contributed by atoms with Gasteiger partial charge in [0.25, 0.3) is 0 Å². The fourth-order valence-electron chi connectivity index (χ4n) is 2.86. The topological polar surface area (TPSA) is 23.5 Å². The van der Waals surface area contributed by atoms with E-state index in [2.05, 4.69) is 24.8 Å². The molecule has 2 nitrogen and oxygen atoms in total.